The van der Waals surface area contributed by atoms with Gasteiger partial charge >= 0.3 is 0 Å². The van der Waals surface area contributed by atoms with Crippen LogP contribution in [0.2, 0.25) is 0 Å². The standard InChI is InChI=1S/C12H12N4O4/c1-7(11(13)17)14-12-15-10(6-20-12)8-2-4-9(5-3-8)16(18)19/h2-7H,1H3,(H2,13,17)(H,14,15). The van der Waals surface area contributed by atoms with Crippen LogP contribution in [0.3, 0.4) is 0 Å². The smallest absolute Gasteiger partial charge is 0.295 e. The Balaban J connectivity index is 2.16. The highest BCUT2D eigenvalue weighted by Gasteiger charge is 2.13. The molecule has 20 heavy (non-hydrogen) atoms. The molecule has 8 nitrogen and oxygen atoms in total. The van der Waals surface area contributed by atoms with Gasteiger partial charge in [-0.2, -0.15) is 4.98 Å². The predicted octanol–water partition coefficient (Wildman–Crippen LogP) is 1.54. The zero-order valence-electron chi connectivity index (χ0n) is 10.6. The number of nitrogens with two attached hydrogens (primary N) is 1. The summed E-state index contributed by atoms with van der Waals surface area (Å²) in [6, 6.07) is 5.43. The number of nitrogens with one attached hydrogen (secondary N) is 1. The number of benzene rings is 1. The molecule has 1 aromatic heterocycles. The number of carbonyl (C=O) groups excluding carboxylic acids is 1. The molecule has 1 amide bonds. The first-order valence-electron chi connectivity index (χ1n) is 5.73. The van der Waals surface area contributed by atoms with Crippen LogP contribution in [-0.2, 0) is 4.79 Å². The van der Waals surface area contributed by atoms with Crippen LogP contribution in [-0.4, -0.2) is 21.9 Å². The molecule has 2 aromatic rings. The lowest BCUT2D eigenvalue weighted by Crippen LogP contribution is -2.32. The van der Waals surface area contributed by atoms with Crippen molar-refractivity contribution >= 4 is 17.6 Å². The van der Waals surface area contributed by atoms with Crippen LogP contribution < -0.4 is 11.1 Å². The van der Waals surface area contributed by atoms with Crippen molar-refractivity contribution in [3.05, 3.63) is 40.6 Å². The lowest BCUT2D eigenvalue weighted by atomic mass is 10.1. The highest BCUT2D eigenvalue weighted by molar-refractivity contribution is 5.81. The minimum Gasteiger partial charge on any atom is -0.432 e. The van der Waals surface area contributed by atoms with Crippen LogP contribution in [0, 0.1) is 10.1 Å². The van der Waals surface area contributed by atoms with Crippen LogP contribution in [0.5, 0.6) is 0 Å². The van der Waals surface area contributed by atoms with E-state index in [-0.39, 0.29) is 11.7 Å². The summed E-state index contributed by atoms with van der Waals surface area (Å²) in [6.07, 6.45) is 1.39. The van der Waals surface area contributed by atoms with Gasteiger partial charge in [0.15, 0.2) is 0 Å². The molecule has 0 saturated heterocycles. The van der Waals surface area contributed by atoms with E-state index >= 15 is 0 Å². The molecule has 3 N–H and O–H groups in total. The molecular formula is C12H12N4O4. The minimum atomic E-state index is -0.613. The van der Waals surface area contributed by atoms with Crippen molar-refractivity contribution in [3.63, 3.8) is 0 Å². The van der Waals surface area contributed by atoms with E-state index in [1.165, 1.54) is 18.4 Å². The largest absolute Gasteiger partial charge is 0.432 e. The molecule has 0 bridgehead atoms. The Labute approximate surface area is 113 Å². The van der Waals surface area contributed by atoms with Crippen molar-refractivity contribution in [1.29, 1.82) is 0 Å². The van der Waals surface area contributed by atoms with E-state index < -0.39 is 16.9 Å². The average Bonchev–Trinajstić information content (AvgIpc) is 2.87. The molecular weight excluding hydrogens is 264 g/mol. The third-order valence-corrected chi connectivity index (χ3v) is 2.64. The minimum absolute atomic E-state index is 0.00190. The monoisotopic (exact) mass is 276 g/mol. The van der Waals surface area contributed by atoms with E-state index in [0.717, 1.165) is 0 Å². The molecule has 0 aliphatic rings. The Kier molecular flexibility index (Phi) is 3.65. The van der Waals surface area contributed by atoms with Gasteiger partial charge in [-0.1, -0.05) is 0 Å². The summed E-state index contributed by atoms with van der Waals surface area (Å²) in [5.41, 5.74) is 6.28. The number of primary amides is 1. The number of aromatic nitrogens is 1. The van der Waals surface area contributed by atoms with Crippen molar-refractivity contribution in [2.24, 2.45) is 5.73 Å². The van der Waals surface area contributed by atoms with E-state index in [4.69, 9.17) is 10.2 Å². The number of amides is 1. The summed E-state index contributed by atoms with van der Waals surface area (Å²) >= 11 is 0. The summed E-state index contributed by atoms with van der Waals surface area (Å²) in [4.78, 5) is 25.1. The van der Waals surface area contributed by atoms with Crippen LogP contribution in [0.4, 0.5) is 11.7 Å². The zero-order valence-corrected chi connectivity index (χ0v) is 10.6. The second-order valence-corrected chi connectivity index (χ2v) is 4.11. The lowest BCUT2D eigenvalue weighted by Gasteiger charge is -2.06. The molecule has 104 valence electrons. The number of anilines is 1. The Morgan fingerprint density at radius 2 is 2.10 bits per heavy atom. The van der Waals surface area contributed by atoms with Crippen molar-refractivity contribution in [1.82, 2.24) is 4.98 Å². The molecule has 8 heteroatoms. The maximum atomic E-state index is 10.9. The Morgan fingerprint density at radius 3 is 2.65 bits per heavy atom. The Bertz CT molecular complexity index is 635. The third kappa shape index (κ3) is 2.91. The maximum Gasteiger partial charge on any atom is 0.295 e. The maximum absolute atomic E-state index is 10.9. The number of hydrogen-bond donors (Lipinski definition) is 2. The number of non-ortho nitro benzene ring substituents is 1. The Morgan fingerprint density at radius 1 is 1.45 bits per heavy atom. The van der Waals surface area contributed by atoms with Crippen LogP contribution >= 0.6 is 0 Å². The molecule has 0 saturated carbocycles. The van der Waals surface area contributed by atoms with Crippen molar-refractivity contribution in [3.8, 4) is 11.3 Å². The molecule has 1 atom stereocenters. The van der Waals surface area contributed by atoms with Gasteiger partial charge in [-0.15, -0.1) is 0 Å². The molecule has 1 heterocycles. The fraction of sp³-hybridized carbons (Fsp3) is 0.167. The number of rotatable bonds is 5. The molecule has 0 aliphatic carbocycles. The van der Waals surface area contributed by atoms with E-state index in [1.807, 2.05) is 0 Å². The van der Waals surface area contributed by atoms with Gasteiger partial charge in [-0.3, -0.25) is 14.9 Å². The van der Waals surface area contributed by atoms with Gasteiger partial charge in [0.1, 0.15) is 18.0 Å². The Hall–Kier alpha value is -2.90. The van der Waals surface area contributed by atoms with Gasteiger partial charge in [0.25, 0.3) is 11.7 Å². The van der Waals surface area contributed by atoms with Crippen molar-refractivity contribution in [2.75, 3.05) is 5.32 Å². The predicted molar refractivity (Wildman–Crippen MR) is 70.9 cm³/mol. The SMILES string of the molecule is CC(Nc1nc(-c2ccc([N+](=O)[O-])cc2)co1)C(N)=O. The highest BCUT2D eigenvalue weighted by Crippen LogP contribution is 2.23. The van der Waals surface area contributed by atoms with Crippen LogP contribution in [0.15, 0.2) is 34.9 Å². The first-order chi connectivity index (χ1) is 9.47. The fourth-order valence-corrected chi connectivity index (χ4v) is 1.48. The molecule has 1 unspecified atom stereocenters. The number of hydrogen-bond acceptors (Lipinski definition) is 6. The average molecular weight is 276 g/mol. The van der Waals surface area contributed by atoms with Gasteiger partial charge < -0.3 is 15.5 Å². The van der Waals surface area contributed by atoms with Crippen molar-refractivity contribution in [2.45, 2.75) is 13.0 Å². The molecule has 0 fully saturated rings. The fourth-order valence-electron chi connectivity index (χ4n) is 1.48. The van der Waals surface area contributed by atoms with E-state index in [1.54, 1.807) is 19.1 Å². The molecule has 0 radical (unpaired) electrons. The van der Waals surface area contributed by atoms with E-state index in [0.29, 0.717) is 11.3 Å². The second kappa shape index (κ2) is 5.39. The lowest BCUT2D eigenvalue weighted by molar-refractivity contribution is -0.384. The van der Waals surface area contributed by atoms with Gasteiger partial charge in [0.05, 0.1) is 4.92 Å². The summed E-state index contributed by atoms with van der Waals surface area (Å²) in [7, 11) is 0. The molecule has 2 rings (SSSR count). The van der Waals surface area contributed by atoms with Crippen molar-refractivity contribution < 1.29 is 14.1 Å². The normalized spacial score (nSPS) is 11.8. The zero-order chi connectivity index (χ0) is 14.7. The number of nitrogens with zero attached hydrogens (tertiary/aromatic N) is 2. The summed E-state index contributed by atoms with van der Waals surface area (Å²) in [5, 5.41) is 13.3. The number of oxazole rings is 1. The van der Waals surface area contributed by atoms with Gasteiger partial charge in [0.2, 0.25) is 5.91 Å². The van der Waals surface area contributed by atoms with Crippen LogP contribution in [0.25, 0.3) is 11.3 Å². The number of nitro benzene ring substituents is 1. The second-order valence-electron chi connectivity index (χ2n) is 4.11. The quantitative estimate of drug-likeness (QED) is 0.630. The summed E-state index contributed by atoms with van der Waals surface area (Å²) in [5.74, 6) is -0.528. The summed E-state index contributed by atoms with van der Waals surface area (Å²) in [6.45, 7) is 1.58. The van der Waals surface area contributed by atoms with Gasteiger partial charge in [-0.05, 0) is 19.1 Å². The molecule has 0 aliphatic heterocycles. The highest BCUT2D eigenvalue weighted by atomic mass is 16.6. The van der Waals surface area contributed by atoms with E-state index in [2.05, 4.69) is 10.3 Å². The van der Waals surface area contributed by atoms with Gasteiger partial charge in [0, 0.05) is 17.7 Å². The van der Waals surface area contributed by atoms with E-state index in [9.17, 15) is 14.9 Å². The topological polar surface area (TPSA) is 124 Å². The number of nitro groups is 1. The summed E-state index contributed by atoms with van der Waals surface area (Å²) < 4.78 is 5.15. The van der Waals surface area contributed by atoms with Gasteiger partial charge in [-0.25, -0.2) is 0 Å². The van der Waals surface area contributed by atoms with Crippen LogP contribution in [0.1, 0.15) is 6.92 Å². The molecule has 0 spiro atoms. The first kappa shape index (κ1) is 13.5. The molecule has 1 aromatic carbocycles. The first-order valence-corrected chi connectivity index (χ1v) is 5.73. The number of carbonyl (C=O) groups is 1. The third-order valence-electron chi connectivity index (χ3n) is 2.64.